The van der Waals surface area contributed by atoms with Crippen LogP contribution in [0.4, 0.5) is 17.6 Å². The highest BCUT2D eigenvalue weighted by Gasteiger charge is 2.41. The van der Waals surface area contributed by atoms with Gasteiger partial charge in [0.05, 0.1) is 19.8 Å². The van der Waals surface area contributed by atoms with Crippen LogP contribution in [0.1, 0.15) is 6.92 Å². The van der Waals surface area contributed by atoms with Crippen LogP contribution < -0.4 is 0 Å². The standard InChI is InChI=1S/C9H13F4NO2/c1-2-16-7(9(11,12)13)8(10)14-3-5-15-6-4-14/h2-6H2,1H3/b8-7-. The Hall–Kier alpha value is -0.980. The molecule has 0 radical (unpaired) electrons. The molecule has 0 atom stereocenters. The number of nitrogens with zero attached hydrogens (tertiary/aromatic N) is 1. The molecular formula is C9H13F4NO2. The lowest BCUT2D eigenvalue weighted by Crippen LogP contribution is -2.36. The van der Waals surface area contributed by atoms with Crippen LogP contribution in [0.15, 0.2) is 11.7 Å². The summed E-state index contributed by atoms with van der Waals surface area (Å²) >= 11 is 0. The van der Waals surface area contributed by atoms with E-state index in [4.69, 9.17) is 4.74 Å². The molecule has 1 saturated heterocycles. The van der Waals surface area contributed by atoms with E-state index in [1.54, 1.807) is 0 Å². The van der Waals surface area contributed by atoms with E-state index in [0.29, 0.717) is 0 Å². The molecule has 0 N–H and O–H groups in total. The third-order valence-electron chi connectivity index (χ3n) is 2.02. The number of morpholine rings is 1. The molecule has 1 heterocycles. The van der Waals surface area contributed by atoms with Gasteiger partial charge in [0.15, 0.2) is 0 Å². The maximum Gasteiger partial charge on any atom is 0.453 e. The van der Waals surface area contributed by atoms with Crippen molar-refractivity contribution >= 4 is 0 Å². The summed E-state index contributed by atoms with van der Waals surface area (Å²) in [6.07, 6.45) is -4.81. The van der Waals surface area contributed by atoms with E-state index in [1.807, 2.05) is 0 Å². The molecule has 94 valence electrons. The van der Waals surface area contributed by atoms with Gasteiger partial charge in [-0.25, -0.2) is 0 Å². The minimum atomic E-state index is -4.81. The minimum Gasteiger partial charge on any atom is -0.486 e. The number of allylic oxidation sites excluding steroid dienone is 1. The van der Waals surface area contributed by atoms with E-state index in [9.17, 15) is 17.6 Å². The van der Waals surface area contributed by atoms with Crippen LogP contribution in [-0.2, 0) is 9.47 Å². The Morgan fingerprint density at radius 1 is 1.31 bits per heavy atom. The molecule has 7 heteroatoms. The number of halogens is 4. The van der Waals surface area contributed by atoms with Gasteiger partial charge in [0, 0.05) is 13.1 Å². The molecule has 0 aromatic heterocycles. The molecule has 0 saturated carbocycles. The number of hydrogen-bond acceptors (Lipinski definition) is 3. The van der Waals surface area contributed by atoms with Gasteiger partial charge in [0.25, 0.3) is 5.76 Å². The molecular weight excluding hydrogens is 230 g/mol. The summed E-state index contributed by atoms with van der Waals surface area (Å²) in [5.74, 6) is -2.92. The molecule has 0 aromatic rings. The summed E-state index contributed by atoms with van der Waals surface area (Å²) < 4.78 is 60.1. The van der Waals surface area contributed by atoms with Crippen LogP contribution in [0.3, 0.4) is 0 Å². The van der Waals surface area contributed by atoms with Gasteiger partial charge in [0.2, 0.25) is 5.95 Å². The smallest absolute Gasteiger partial charge is 0.453 e. The molecule has 1 aliphatic rings. The Bertz CT molecular complexity index is 259. The average molecular weight is 243 g/mol. The van der Waals surface area contributed by atoms with Crippen molar-refractivity contribution in [2.75, 3.05) is 32.9 Å². The van der Waals surface area contributed by atoms with Crippen molar-refractivity contribution in [2.24, 2.45) is 0 Å². The molecule has 0 unspecified atom stereocenters. The van der Waals surface area contributed by atoms with E-state index >= 15 is 0 Å². The number of rotatable bonds is 3. The summed E-state index contributed by atoms with van der Waals surface area (Å²) in [5, 5.41) is 0. The lowest BCUT2D eigenvalue weighted by Gasteiger charge is -2.28. The SMILES string of the molecule is CCO/C(=C(/F)N1CCOCC1)C(F)(F)F. The van der Waals surface area contributed by atoms with Gasteiger partial charge in [-0.15, -0.1) is 0 Å². The van der Waals surface area contributed by atoms with Gasteiger partial charge in [-0.1, -0.05) is 0 Å². The molecule has 0 aliphatic carbocycles. The Balaban J connectivity index is 2.86. The Morgan fingerprint density at radius 3 is 2.31 bits per heavy atom. The predicted octanol–water partition coefficient (Wildman–Crippen LogP) is 2.06. The lowest BCUT2D eigenvalue weighted by atomic mass is 10.4. The zero-order valence-corrected chi connectivity index (χ0v) is 8.81. The summed E-state index contributed by atoms with van der Waals surface area (Å²) in [4.78, 5) is 0.974. The van der Waals surface area contributed by atoms with Gasteiger partial charge in [-0.05, 0) is 6.92 Å². The molecule has 0 aromatic carbocycles. The zero-order valence-electron chi connectivity index (χ0n) is 8.81. The molecule has 1 rings (SSSR count). The third kappa shape index (κ3) is 3.26. The van der Waals surface area contributed by atoms with Gasteiger partial charge in [-0.3, -0.25) is 0 Å². The third-order valence-corrected chi connectivity index (χ3v) is 2.02. The first-order chi connectivity index (χ1) is 7.46. The first kappa shape index (κ1) is 13.1. The van der Waals surface area contributed by atoms with E-state index in [2.05, 4.69) is 4.74 Å². The fraction of sp³-hybridized carbons (Fsp3) is 0.778. The van der Waals surface area contributed by atoms with E-state index < -0.39 is 17.9 Å². The topological polar surface area (TPSA) is 21.7 Å². The average Bonchev–Trinajstić information content (AvgIpc) is 2.25. The molecule has 0 amide bonds. The molecule has 1 aliphatic heterocycles. The quantitative estimate of drug-likeness (QED) is 0.430. The number of hydrogen-bond donors (Lipinski definition) is 0. The van der Waals surface area contributed by atoms with Crippen LogP contribution in [0.25, 0.3) is 0 Å². The van der Waals surface area contributed by atoms with E-state index in [0.717, 1.165) is 4.90 Å². The van der Waals surface area contributed by atoms with E-state index in [1.165, 1.54) is 6.92 Å². The Labute approximate surface area is 90.6 Å². The molecule has 0 bridgehead atoms. The second kappa shape index (κ2) is 5.38. The van der Waals surface area contributed by atoms with Crippen molar-refractivity contribution in [1.29, 1.82) is 0 Å². The minimum absolute atomic E-state index is 0.0957. The summed E-state index contributed by atoms with van der Waals surface area (Å²) in [6, 6.07) is 0. The monoisotopic (exact) mass is 243 g/mol. The van der Waals surface area contributed by atoms with Crippen molar-refractivity contribution in [1.82, 2.24) is 4.90 Å². The molecule has 3 nitrogen and oxygen atoms in total. The van der Waals surface area contributed by atoms with Crippen LogP contribution in [0.2, 0.25) is 0 Å². The van der Waals surface area contributed by atoms with E-state index in [-0.39, 0.29) is 32.9 Å². The summed E-state index contributed by atoms with van der Waals surface area (Å²) in [6.45, 7) is 1.76. The predicted molar refractivity (Wildman–Crippen MR) is 48.2 cm³/mol. The second-order valence-electron chi connectivity index (χ2n) is 3.15. The van der Waals surface area contributed by atoms with Crippen molar-refractivity contribution in [2.45, 2.75) is 13.1 Å². The number of ether oxygens (including phenoxy) is 2. The van der Waals surface area contributed by atoms with Crippen molar-refractivity contribution in [3.8, 4) is 0 Å². The van der Waals surface area contributed by atoms with Crippen LogP contribution in [-0.4, -0.2) is 44.0 Å². The highest BCUT2D eigenvalue weighted by Crippen LogP contribution is 2.31. The van der Waals surface area contributed by atoms with Crippen molar-refractivity contribution in [3.63, 3.8) is 0 Å². The first-order valence-electron chi connectivity index (χ1n) is 4.89. The zero-order chi connectivity index (χ0) is 12.2. The van der Waals surface area contributed by atoms with Crippen LogP contribution in [0.5, 0.6) is 0 Å². The first-order valence-corrected chi connectivity index (χ1v) is 4.89. The molecule has 16 heavy (non-hydrogen) atoms. The van der Waals surface area contributed by atoms with Gasteiger partial charge in [0.1, 0.15) is 0 Å². The molecule has 0 spiro atoms. The maximum absolute atomic E-state index is 13.5. The van der Waals surface area contributed by atoms with Crippen molar-refractivity contribution in [3.05, 3.63) is 11.7 Å². The van der Waals surface area contributed by atoms with Crippen LogP contribution in [0, 0.1) is 0 Å². The van der Waals surface area contributed by atoms with Crippen molar-refractivity contribution < 1.29 is 27.0 Å². The Morgan fingerprint density at radius 2 is 1.88 bits per heavy atom. The lowest BCUT2D eigenvalue weighted by molar-refractivity contribution is -0.136. The largest absolute Gasteiger partial charge is 0.486 e. The second-order valence-corrected chi connectivity index (χ2v) is 3.15. The van der Waals surface area contributed by atoms with Gasteiger partial charge < -0.3 is 14.4 Å². The highest BCUT2D eigenvalue weighted by atomic mass is 19.4. The number of alkyl halides is 3. The Kier molecular flexibility index (Phi) is 4.40. The highest BCUT2D eigenvalue weighted by molar-refractivity contribution is 5.06. The fourth-order valence-corrected chi connectivity index (χ4v) is 1.31. The van der Waals surface area contributed by atoms with Crippen LogP contribution >= 0.6 is 0 Å². The molecule has 1 fully saturated rings. The summed E-state index contributed by atoms with van der Waals surface area (Å²) in [7, 11) is 0. The fourth-order valence-electron chi connectivity index (χ4n) is 1.31. The van der Waals surface area contributed by atoms with Gasteiger partial charge in [-0.2, -0.15) is 17.6 Å². The summed E-state index contributed by atoms with van der Waals surface area (Å²) in [5.41, 5.74) is 0. The van der Waals surface area contributed by atoms with Gasteiger partial charge >= 0.3 is 6.18 Å². The normalized spacial score (nSPS) is 19.4. The maximum atomic E-state index is 13.5.